The molecule has 1 aromatic heterocycles. The van der Waals surface area contributed by atoms with Gasteiger partial charge in [-0.1, -0.05) is 15.9 Å². The number of halogens is 1. The Hall–Kier alpha value is -0.780. The molecule has 1 rings (SSSR count). The Morgan fingerprint density at radius 1 is 1.82 bits per heavy atom. The van der Waals surface area contributed by atoms with Gasteiger partial charge in [0.15, 0.2) is 0 Å². The summed E-state index contributed by atoms with van der Waals surface area (Å²) in [7, 11) is 0. The molecule has 1 heterocycles. The van der Waals surface area contributed by atoms with Crippen LogP contribution in [0.25, 0.3) is 0 Å². The minimum absolute atomic E-state index is 0.249. The third kappa shape index (κ3) is 1.62. The molecule has 0 spiro atoms. The molecule has 0 aliphatic rings. The van der Waals surface area contributed by atoms with Crippen molar-refractivity contribution in [2.75, 3.05) is 6.61 Å². The summed E-state index contributed by atoms with van der Waals surface area (Å²) in [6.07, 6.45) is 0. The maximum absolute atomic E-state index is 10.7. The van der Waals surface area contributed by atoms with E-state index in [1.54, 1.807) is 0 Å². The monoisotopic (exact) mass is 222 g/mol. The molecule has 11 heavy (non-hydrogen) atoms. The second-order valence-corrected chi connectivity index (χ2v) is 2.31. The minimum atomic E-state index is 0.249. The van der Waals surface area contributed by atoms with E-state index in [-0.39, 0.29) is 5.88 Å². The maximum Gasteiger partial charge on any atom is 0.398 e. The standard InChI is InChI=1S/C5H7BrN2O3/c1-2-10-5-4(3-6)8(9)11-7-5/h2-3H2,1H3. The Morgan fingerprint density at radius 2 is 2.55 bits per heavy atom. The zero-order valence-electron chi connectivity index (χ0n) is 5.91. The lowest BCUT2D eigenvalue weighted by Gasteiger charge is -1.92. The maximum atomic E-state index is 10.7. The van der Waals surface area contributed by atoms with Crippen LogP contribution in [0.2, 0.25) is 0 Å². The van der Waals surface area contributed by atoms with E-state index in [0.717, 1.165) is 0 Å². The first-order valence-corrected chi connectivity index (χ1v) is 4.19. The number of aromatic nitrogens is 2. The summed E-state index contributed by atoms with van der Waals surface area (Å²) < 4.78 is 9.29. The molecule has 0 fully saturated rings. The van der Waals surface area contributed by atoms with E-state index in [1.807, 2.05) is 6.92 Å². The number of hydrogen-bond acceptors (Lipinski definition) is 4. The average Bonchev–Trinajstić information content (AvgIpc) is 2.33. The smallest absolute Gasteiger partial charge is 0.398 e. The molecule has 0 radical (unpaired) electrons. The molecule has 0 aliphatic heterocycles. The summed E-state index contributed by atoms with van der Waals surface area (Å²) in [5.74, 6) is 0.249. The molecule has 0 N–H and O–H groups in total. The van der Waals surface area contributed by atoms with Crippen LogP contribution in [0, 0.1) is 5.21 Å². The SMILES string of the molecule is CCOc1no[n+]([O-])c1CBr. The molecule has 5 nitrogen and oxygen atoms in total. The van der Waals surface area contributed by atoms with Gasteiger partial charge in [0, 0.05) is 0 Å². The summed E-state index contributed by atoms with van der Waals surface area (Å²) in [5, 5.41) is 14.5. The zero-order valence-corrected chi connectivity index (χ0v) is 7.50. The number of nitrogens with zero attached hydrogens (tertiary/aromatic N) is 2. The van der Waals surface area contributed by atoms with Gasteiger partial charge in [0.25, 0.3) is 5.69 Å². The predicted molar refractivity (Wildman–Crippen MR) is 39.3 cm³/mol. The van der Waals surface area contributed by atoms with Crippen LogP contribution in [0.15, 0.2) is 4.63 Å². The molecule has 0 aliphatic carbocycles. The summed E-state index contributed by atoms with van der Waals surface area (Å²) in [4.78, 5) is 0.319. The lowest BCUT2D eigenvalue weighted by molar-refractivity contribution is -0.807. The second-order valence-electron chi connectivity index (χ2n) is 1.75. The van der Waals surface area contributed by atoms with E-state index >= 15 is 0 Å². The quantitative estimate of drug-likeness (QED) is 0.556. The molecule has 6 heteroatoms. The summed E-state index contributed by atoms with van der Waals surface area (Å²) in [5.41, 5.74) is 0.354. The van der Waals surface area contributed by atoms with Crippen LogP contribution in [0.3, 0.4) is 0 Å². The molecule has 0 aromatic carbocycles. The first-order chi connectivity index (χ1) is 5.29. The summed E-state index contributed by atoms with van der Waals surface area (Å²) in [6.45, 7) is 2.27. The van der Waals surface area contributed by atoms with E-state index in [1.165, 1.54) is 0 Å². The van der Waals surface area contributed by atoms with E-state index in [2.05, 4.69) is 25.7 Å². The predicted octanol–water partition coefficient (Wildman–Crippen LogP) is 0.602. The first kappa shape index (κ1) is 8.32. The Labute approximate surface area is 71.6 Å². The van der Waals surface area contributed by atoms with Gasteiger partial charge in [-0.25, -0.2) is 0 Å². The third-order valence-electron chi connectivity index (χ3n) is 1.07. The average molecular weight is 223 g/mol. The van der Waals surface area contributed by atoms with Crippen molar-refractivity contribution in [2.24, 2.45) is 0 Å². The fourth-order valence-corrected chi connectivity index (χ4v) is 1.05. The highest BCUT2D eigenvalue weighted by atomic mass is 79.9. The molecule has 1 aromatic rings. The van der Waals surface area contributed by atoms with Crippen molar-refractivity contribution in [2.45, 2.75) is 12.3 Å². The highest BCUT2D eigenvalue weighted by Gasteiger charge is 2.18. The van der Waals surface area contributed by atoms with Crippen LogP contribution in [0.5, 0.6) is 5.88 Å². The zero-order chi connectivity index (χ0) is 8.27. The van der Waals surface area contributed by atoms with Gasteiger partial charge >= 0.3 is 5.88 Å². The van der Waals surface area contributed by atoms with Gasteiger partial charge in [-0.05, 0) is 11.8 Å². The van der Waals surface area contributed by atoms with Gasteiger partial charge in [-0.15, -0.1) is 0 Å². The largest absolute Gasteiger partial charge is 0.456 e. The molecule has 0 atom stereocenters. The van der Waals surface area contributed by atoms with Gasteiger partial charge in [-0.3, -0.25) is 4.63 Å². The van der Waals surface area contributed by atoms with E-state index < -0.39 is 0 Å². The van der Waals surface area contributed by atoms with Crippen molar-refractivity contribution in [3.63, 3.8) is 0 Å². The lowest BCUT2D eigenvalue weighted by Crippen LogP contribution is -2.27. The van der Waals surface area contributed by atoms with Crippen LogP contribution in [-0.4, -0.2) is 11.8 Å². The lowest BCUT2D eigenvalue weighted by atomic mass is 10.5. The van der Waals surface area contributed by atoms with Crippen molar-refractivity contribution in [3.8, 4) is 5.88 Å². The third-order valence-corrected chi connectivity index (χ3v) is 1.60. The van der Waals surface area contributed by atoms with Gasteiger partial charge in [0.1, 0.15) is 0 Å². The summed E-state index contributed by atoms with van der Waals surface area (Å²) >= 11 is 3.11. The van der Waals surface area contributed by atoms with Gasteiger partial charge in [0.05, 0.1) is 17.1 Å². The Balaban J connectivity index is 2.86. The molecule has 0 saturated carbocycles. The highest BCUT2D eigenvalue weighted by molar-refractivity contribution is 9.08. The van der Waals surface area contributed by atoms with Crippen LogP contribution in [0.4, 0.5) is 0 Å². The van der Waals surface area contributed by atoms with Crippen LogP contribution >= 0.6 is 15.9 Å². The van der Waals surface area contributed by atoms with E-state index in [9.17, 15) is 5.21 Å². The second kappa shape index (κ2) is 3.56. The Morgan fingerprint density at radius 3 is 3.09 bits per heavy atom. The first-order valence-electron chi connectivity index (χ1n) is 3.07. The van der Waals surface area contributed by atoms with E-state index in [0.29, 0.717) is 22.5 Å². The van der Waals surface area contributed by atoms with Gasteiger partial charge < -0.3 is 9.94 Å². The molecular weight excluding hydrogens is 216 g/mol. The molecule has 0 amide bonds. The van der Waals surface area contributed by atoms with E-state index in [4.69, 9.17) is 4.74 Å². The van der Waals surface area contributed by atoms with Crippen molar-refractivity contribution in [1.82, 2.24) is 5.16 Å². The molecule has 62 valence electrons. The number of ether oxygens (including phenoxy) is 1. The topological polar surface area (TPSA) is 62.2 Å². The van der Waals surface area contributed by atoms with Gasteiger partial charge in [-0.2, -0.15) is 0 Å². The van der Waals surface area contributed by atoms with Crippen LogP contribution in [-0.2, 0) is 5.33 Å². The fraction of sp³-hybridized carbons (Fsp3) is 0.600. The number of hydrogen-bond donors (Lipinski definition) is 0. The normalized spacial score (nSPS) is 10.0. The molecule has 0 saturated heterocycles. The Kier molecular flexibility index (Phi) is 2.70. The summed E-state index contributed by atoms with van der Waals surface area (Å²) in [6, 6.07) is 0. The van der Waals surface area contributed by atoms with Gasteiger partial charge in [0.2, 0.25) is 0 Å². The van der Waals surface area contributed by atoms with Crippen LogP contribution in [0.1, 0.15) is 12.6 Å². The van der Waals surface area contributed by atoms with Crippen molar-refractivity contribution in [1.29, 1.82) is 0 Å². The minimum Gasteiger partial charge on any atom is -0.456 e. The Bertz CT molecular complexity index is 238. The fourth-order valence-electron chi connectivity index (χ4n) is 0.607. The van der Waals surface area contributed by atoms with Crippen LogP contribution < -0.4 is 9.64 Å². The number of rotatable bonds is 3. The molecule has 0 bridgehead atoms. The molecule has 0 unspecified atom stereocenters. The highest BCUT2D eigenvalue weighted by Crippen LogP contribution is 2.13. The number of alkyl halides is 1. The molecular formula is C5H7BrN2O3. The van der Waals surface area contributed by atoms with Crippen molar-refractivity contribution >= 4 is 15.9 Å². The van der Waals surface area contributed by atoms with Crippen molar-refractivity contribution in [3.05, 3.63) is 10.9 Å². The van der Waals surface area contributed by atoms with Crippen molar-refractivity contribution < 1.29 is 14.3 Å².